The molecule has 2 atom stereocenters. The molecule has 0 bridgehead atoms. The Morgan fingerprint density at radius 1 is 1.04 bits per heavy atom. The van der Waals surface area contributed by atoms with Crippen molar-refractivity contribution in [2.24, 2.45) is 22.2 Å². The minimum absolute atomic E-state index is 0.0415. The molecule has 0 spiro atoms. The Bertz CT molecular complexity index is 478. The quantitative estimate of drug-likeness (QED) is 0.127. The predicted molar refractivity (Wildman–Crippen MR) is 101 cm³/mol. The van der Waals surface area contributed by atoms with E-state index >= 15 is 0 Å². The third kappa shape index (κ3) is 11.4. The number of nitrogens with zero attached hydrogens (tertiary/aromatic N) is 1. The summed E-state index contributed by atoms with van der Waals surface area (Å²) < 4.78 is 0. The summed E-state index contributed by atoms with van der Waals surface area (Å²) in [6, 6.07) is -1.34. The highest BCUT2D eigenvalue weighted by molar-refractivity contribution is 5.98. The zero-order valence-corrected chi connectivity index (χ0v) is 15.7. The van der Waals surface area contributed by atoms with Gasteiger partial charge >= 0.3 is 0 Å². The molecule has 0 radical (unpaired) electrons. The minimum atomic E-state index is -0.799. The Kier molecular flexibility index (Phi) is 12.8. The van der Waals surface area contributed by atoms with Gasteiger partial charge in [-0.3, -0.25) is 24.7 Å². The van der Waals surface area contributed by atoms with Crippen LogP contribution in [0.3, 0.4) is 0 Å². The van der Waals surface area contributed by atoms with Crippen molar-refractivity contribution in [1.29, 1.82) is 0 Å². The molecule has 10 nitrogen and oxygen atoms in total. The van der Waals surface area contributed by atoms with Crippen molar-refractivity contribution in [2.75, 3.05) is 19.6 Å². The Balaban J connectivity index is 4.93. The largest absolute Gasteiger partial charge is 0.370 e. The molecular formula is C16H33N7O3. The van der Waals surface area contributed by atoms with E-state index in [4.69, 9.17) is 17.2 Å². The first-order valence-electron chi connectivity index (χ1n) is 8.92. The zero-order valence-electron chi connectivity index (χ0n) is 15.7. The highest BCUT2D eigenvalue weighted by Crippen LogP contribution is 2.03. The van der Waals surface area contributed by atoms with Gasteiger partial charge < -0.3 is 27.8 Å². The average molecular weight is 371 g/mol. The molecule has 0 unspecified atom stereocenters. The number of rotatable bonds is 13. The Morgan fingerprint density at radius 3 is 2.27 bits per heavy atom. The van der Waals surface area contributed by atoms with Gasteiger partial charge in [0.25, 0.3) is 0 Å². The number of aliphatic imine (C=N–C) groups is 1. The maximum atomic E-state index is 12.6. The van der Waals surface area contributed by atoms with Crippen LogP contribution in [0, 0.1) is 0 Å². The number of guanidine groups is 1. The van der Waals surface area contributed by atoms with E-state index < -0.39 is 23.9 Å². The summed E-state index contributed by atoms with van der Waals surface area (Å²) in [6.07, 6.45) is 3.01. The predicted octanol–water partition coefficient (Wildman–Crippen LogP) is -1.71. The van der Waals surface area contributed by atoms with E-state index in [1.54, 1.807) is 0 Å². The lowest BCUT2D eigenvalue weighted by Crippen LogP contribution is -2.53. The maximum absolute atomic E-state index is 12.6. The van der Waals surface area contributed by atoms with Crippen LogP contribution in [0.25, 0.3) is 0 Å². The molecule has 3 amide bonds. The lowest BCUT2D eigenvalue weighted by Gasteiger charge is -2.22. The molecule has 9 N–H and O–H groups in total. The van der Waals surface area contributed by atoms with E-state index in [1.165, 1.54) is 6.92 Å². The number of nitrogens with one attached hydrogen (secondary N) is 3. The van der Waals surface area contributed by atoms with Gasteiger partial charge in [0.05, 0.1) is 6.04 Å². The molecule has 0 aromatic heterocycles. The van der Waals surface area contributed by atoms with Gasteiger partial charge in [0.15, 0.2) is 5.96 Å². The molecule has 0 fully saturated rings. The molecule has 0 aromatic rings. The molecule has 0 aliphatic carbocycles. The summed E-state index contributed by atoms with van der Waals surface area (Å²) in [6.45, 7) is 4.64. The molecule has 0 aromatic carbocycles. The minimum Gasteiger partial charge on any atom is -0.370 e. The van der Waals surface area contributed by atoms with E-state index in [-0.39, 0.29) is 18.4 Å². The summed E-state index contributed by atoms with van der Waals surface area (Å²) in [5.41, 5.74) is 16.1. The van der Waals surface area contributed by atoms with Crippen molar-refractivity contribution in [1.82, 2.24) is 16.0 Å². The normalized spacial score (nSPS) is 12.7. The van der Waals surface area contributed by atoms with Crippen LogP contribution in [0.5, 0.6) is 0 Å². The highest BCUT2D eigenvalue weighted by Gasteiger charge is 2.25. The van der Waals surface area contributed by atoms with Gasteiger partial charge in [-0.1, -0.05) is 6.92 Å². The van der Waals surface area contributed by atoms with Gasteiger partial charge in [-0.2, -0.15) is 0 Å². The SMILES string of the molecule is CCCN[C@@H](CCN=C(N)N)C(=O)N[C@@H](CCCCN)C(=O)NC(C)=O. The third-order valence-corrected chi connectivity index (χ3v) is 3.55. The van der Waals surface area contributed by atoms with Crippen LogP contribution >= 0.6 is 0 Å². The van der Waals surface area contributed by atoms with Crippen LogP contribution in [0.4, 0.5) is 0 Å². The van der Waals surface area contributed by atoms with Gasteiger partial charge in [0, 0.05) is 13.5 Å². The van der Waals surface area contributed by atoms with Crippen LogP contribution in [-0.4, -0.2) is 55.4 Å². The van der Waals surface area contributed by atoms with Crippen molar-refractivity contribution in [3.05, 3.63) is 0 Å². The number of nitrogens with two attached hydrogens (primary N) is 3. The van der Waals surface area contributed by atoms with Gasteiger partial charge in [-0.05, 0) is 45.2 Å². The van der Waals surface area contributed by atoms with Gasteiger partial charge in [0.1, 0.15) is 6.04 Å². The van der Waals surface area contributed by atoms with Crippen LogP contribution in [0.15, 0.2) is 4.99 Å². The standard InChI is InChI=1S/C16H33N7O3/c1-3-9-20-12(7-10-21-16(18)19)14(25)23-13(6-4-5-8-17)15(26)22-11(2)24/h12-13,20H,3-10,17H2,1-2H3,(H,23,25)(H4,18,19,21)(H,22,24,26)/t12-,13-/m0/s1. The van der Waals surface area contributed by atoms with E-state index in [0.717, 1.165) is 12.8 Å². The third-order valence-electron chi connectivity index (χ3n) is 3.55. The summed E-state index contributed by atoms with van der Waals surface area (Å²) >= 11 is 0. The molecule has 26 heavy (non-hydrogen) atoms. The van der Waals surface area contributed by atoms with E-state index in [1.807, 2.05) is 6.92 Å². The van der Waals surface area contributed by atoms with Crippen molar-refractivity contribution in [2.45, 2.75) is 58.0 Å². The second-order valence-corrected chi connectivity index (χ2v) is 5.99. The first-order valence-corrected chi connectivity index (χ1v) is 8.92. The number of hydrogen-bond acceptors (Lipinski definition) is 6. The van der Waals surface area contributed by atoms with Gasteiger partial charge in [-0.25, -0.2) is 0 Å². The Hall–Kier alpha value is -2.20. The lowest BCUT2D eigenvalue weighted by molar-refractivity contribution is -0.134. The summed E-state index contributed by atoms with van der Waals surface area (Å²) in [5.74, 6) is -1.37. The van der Waals surface area contributed by atoms with Crippen LogP contribution in [0.1, 0.15) is 46.0 Å². The fourth-order valence-corrected chi connectivity index (χ4v) is 2.26. The second-order valence-electron chi connectivity index (χ2n) is 5.99. The van der Waals surface area contributed by atoms with Crippen molar-refractivity contribution < 1.29 is 14.4 Å². The number of unbranched alkanes of at least 4 members (excludes halogenated alkanes) is 1. The van der Waals surface area contributed by atoms with Crippen LogP contribution in [0.2, 0.25) is 0 Å². The van der Waals surface area contributed by atoms with Crippen molar-refractivity contribution >= 4 is 23.7 Å². The van der Waals surface area contributed by atoms with Crippen molar-refractivity contribution in [3.8, 4) is 0 Å². The van der Waals surface area contributed by atoms with Crippen LogP contribution < -0.4 is 33.2 Å². The number of imide groups is 1. The monoisotopic (exact) mass is 371 g/mol. The molecule has 0 saturated carbocycles. The lowest BCUT2D eigenvalue weighted by atomic mass is 10.1. The molecule has 150 valence electrons. The second kappa shape index (κ2) is 14.0. The van der Waals surface area contributed by atoms with E-state index in [0.29, 0.717) is 32.4 Å². The molecule has 0 aliphatic rings. The summed E-state index contributed by atoms with van der Waals surface area (Å²) in [5, 5.41) is 8.04. The summed E-state index contributed by atoms with van der Waals surface area (Å²) in [7, 11) is 0. The van der Waals surface area contributed by atoms with E-state index in [2.05, 4.69) is 20.9 Å². The molecule has 0 heterocycles. The van der Waals surface area contributed by atoms with Crippen LogP contribution in [-0.2, 0) is 14.4 Å². The Morgan fingerprint density at radius 2 is 1.73 bits per heavy atom. The molecule has 0 rings (SSSR count). The zero-order chi connectivity index (χ0) is 19.9. The number of carbonyl (C=O) groups excluding carboxylic acids is 3. The topological polar surface area (TPSA) is 178 Å². The first-order chi connectivity index (χ1) is 12.3. The molecular weight excluding hydrogens is 338 g/mol. The average Bonchev–Trinajstić information content (AvgIpc) is 2.56. The molecule has 0 saturated heterocycles. The van der Waals surface area contributed by atoms with Gasteiger partial charge in [0.2, 0.25) is 17.7 Å². The fourth-order valence-electron chi connectivity index (χ4n) is 2.26. The van der Waals surface area contributed by atoms with E-state index in [9.17, 15) is 14.4 Å². The fraction of sp³-hybridized carbons (Fsp3) is 0.750. The Labute approximate surface area is 154 Å². The number of hydrogen-bond donors (Lipinski definition) is 6. The van der Waals surface area contributed by atoms with Crippen molar-refractivity contribution in [3.63, 3.8) is 0 Å². The number of carbonyl (C=O) groups is 3. The first kappa shape index (κ1) is 23.8. The summed E-state index contributed by atoms with van der Waals surface area (Å²) in [4.78, 5) is 39.8. The number of amides is 3. The maximum Gasteiger partial charge on any atom is 0.249 e. The molecule has 0 aliphatic heterocycles. The smallest absolute Gasteiger partial charge is 0.249 e. The molecule has 10 heteroatoms. The van der Waals surface area contributed by atoms with Gasteiger partial charge in [-0.15, -0.1) is 0 Å². The highest BCUT2D eigenvalue weighted by atomic mass is 16.2.